The number of nitrogens with zero attached hydrogens (tertiary/aromatic N) is 3. The lowest BCUT2D eigenvalue weighted by atomic mass is 9.89. The number of carbonyl (C=O) groups is 1. The normalized spacial score (nSPS) is 26.1. The van der Waals surface area contributed by atoms with Crippen LogP contribution in [-0.2, 0) is 9.53 Å². The molecule has 1 aliphatic carbocycles. The van der Waals surface area contributed by atoms with E-state index >= 15 is 0 Å². The SMILES string of the molecule is N#Cc1ccc(OCC[C@H]2CO[C@H]3CN(C4CCC4)C[C@@H]23)nc1.O=C(O)C(F)(F)F. The second-order valence-electron chi connectivity index (χ2n) is 7.77. The number of halogens is 3. The van der Waals surface area contributed by atoms with E-state index < -0.39 is 12.1 Å². The number of hydrogen-bond donors (Lipinski definition) is 1. The highest BCUT2D eigenvalue weighted by atomic mass is 19.4. The van der Waals surface area contributed by atoms with Gasteiger partial charge in [-0.1, -0.05) is 6.42 Å². The van der Waals surface area contributed by atoms with Gasteiger partial charge in [0, 0.05) is 37.3 Å². The van der Waals surface area contributed by atoms with Crippen molar-refractivity contribution in [1.82, 2.24) is 9.88 Å². The van der Waals surface area contributed by atoms with Crippen LogP contribution in [0.4, 0.5) is 13.2 Å². The zero-order chi connectivity index (χ0) is 21.7. The summed E-state index contributed by atoms with van der Waals surface area (Å²) in [5.74, 6) is -0.883. The summed E-state index contributed by atoms with van der Waals surface area (Å²) < 4.78 is 43.5. The summed E-state index contributed by atoms with van der Waals surface area (Å²) in [5.41, 5.74) is 0.562. The topological polar surface area (TPSA) is 95.7 Å². The smallest absolute Gasteiger partial charge is 0.478 e. The van der Waals surface area contributed by atoms with Gasteiger partial charge in [-0.2, -0.15) is 18.4 Å². The Hall–Kier alpha value is -2.38. The highest BCUT2D eigenvalue weighted by Crippen LogP contribution is 2.39. The summed E-state index contributed by atoms with van der Waals surface area (Å²) in [7, 11) is 0. The molecule has 0 amide bonds. The Balaban J connectivity index is 0.000000318. The fourth-order valence-corrected chi connectivity index (χ4v) is 4.02. The van der Waals surface area contributed by atoms with Gasteiger partial charge in [0.2, 0.25) is 5.88 Å². The predicted molar refractivity (Wildman–Crippen MR) is 98.7 cm³/mol. The van der Waals surface area contributed by atoms with Gasteiger partial charge >= 0.3 is 12.1 Å². The molecule has 164 valence electrons. The highest BCUT2D eigenvalue weighted by molar-refractivity contribution is 5.73. The second-order valence-corrected chi connectivity index (χ2v) is 7.77. The van der Waals surface area contributed by atoms with Crippen molar-refractivity contribution in [2.24, 2.45) is 11.8 Å². The third-order valence-corrected chi connectivity index (χ3v) is 5.90. The minimum absolute atomic E-state index is 0.439. The molecular weight excluding hydrogens is 403 g/mol. The van der Waals surface area contributed by atoms with Gasteiger partial charge in [-0.05, 0) is 31.2 Å². The zero-order valence-electron chi connectivity index (χ0n) is 16.3. The molecule has 2 aliphatic heterocycles. The number of aromatic nitrogens is 1. The minimum Gasteiger partial charge on any atom is -0.478 e. The number of aliphatic carboxylic acids is 1. The molecule has 2 saturated heterocycles. The highest BCUT2D eigenvalue weighted by Gasteiger charge is 2.45. The van der Waals surface area contributed by atoms with Crippen molar-refractivity contribution in [3.8, 4) is 11.9 Å². The van der Waals surface area contributed by atoms with E-state index in [4.69, 9.17) is 24.6 Å². The molecule has 0 radical (unpaired) electrons. The fourth-order valence-electron chi connectivity index (χ4n) is 4.02. The first-order valence-electron chi connectivity index (χ1n) is 9.92. The monoisotopic (exact) mass is 427 g/mol. The van der Waals surface area contributed by atoms with E-state index in [1.807, 2.05) is 0 Å². The Morgan fingerprint density at radius 3 is 2.63 bits per heavy atom. The van der Waals surface area contributed by atoms with Gasteiger partial charge < -0.3 is 14.6 Å². The number of nitriles is 1. The number of rotatable bonds is 5. The Bertz CT molecular complexity index is 762. The Kier molecular flexibility index (Phi) is 7.15. The molecule has 1 aromatic heterocycles. The summed E-state index contributed by atoms with van der Waals surface area (Å²) >= 11 is 0. The van der Waals surface area contributed by atoms with Gasteiger partial charge in [0.25, 0.3) is 0 Å². The molecule has 7 nitrogen and oxygen atoms in total. The summed E-state index contributed by atoms with van der Waals surface area (Å²) in [6.45, 7) is 3.87. The summed E-state index contributed by atoms with van der Waals surface area (Å²) in [5, 5.41) is 15.9. The Morgan fingerprint density at radius 2 is 2.10 bits per heavy atom. The molecule has 1 saturated carbocycles. The van der Waals surface area contributed by atoms with Crippen molar-refractivity contribution in [1.29, 1.82) is 5.26 Å². The predicted octanol–water partition coefficient (Wildman–Crippen LogP) is 2.85. The first kappa shape index (κ1) is 22.3. The third-order valence-electron chi connectivity index (χ3n) is 5.90. The molecular formula is C20H24F3N3O4. The fraction of sp³-hybridized carbons (Fsp3) is 0.650. The standard InChI is InChI=1S/C18H23N3O2.C2HF3O2/c19-8-13-4-5-18(20-9-13)22-7-6-14-12-23-17-11-21(10-16(14)17)15-2-1-3-15;3-2(4,5)1(6)7/h4-5,9,14-17H,1-3,6-7,10-12H2;(H,6,7)/t14-,16-,17-;/m0./s1. The number of carboxylic acids is 1. The molecule has 1 aromatic rings. The molecule has 4 rings (SSSR count). The Labute approximate surface area is 172 Å². The maximum atomic E-state index is 10.6. The number of pyridine rings is 1. The van der Waals surface area contributed by atoms with Gasteiger partial charge in [-0.25, -0.2) is 9.78 Å². The maximum absolute atomic E-state index is 10.6. The first-order valence-corrected chi connectivity index (χ1v) is 9.92. The van der Waals surface area contributed by atoms with E-state index in [-0.39, 0.29) is 0 Å². The molecule has 0 spiro atoms. The van der Waals surface area contributed by atoms with Crippen molar-refractivity contribution in [3.05, 3.63) is 23.9 Å². The lowest BCUT2D eigenvalue weighted by Gasteiger charge is -2.35. The van der Waals surface area contributed by atoms with Gasteiger partial charge in [-0.15, -0.1) is 0 Å². The second kappa shape index (κ2) is 9.62. The van der Waals surface area contributed by atoms with Crippen molar-refractivity contribution >= 4 is 5.97 Å². The van der Waals surface area contributed by atoms with Crippen molar-refractivity contribution in [2.75, 3.05) is 26.3 Å². The van der Waals surface area contributed by atoms with Gasteiger partial charge in [0.15, 0.2) is 0 Å². The van der Waals surface area contributed by atoms with Crippen LogP contribution < -0.4 is 4.74 Å². The van der Waals surface area contributed by atoms with Crippen LogP contribution in [0.15, 0.2) is 18.3 Å². The number of carboxylic acid groups (broad SMARTS) is 1. The summed E-state index contributed by atoms with van der Waals surface area (Å²) in [4.78, 5) is 15.7. The average Bonchev–Trinajstić information content (AvgIpc) is 3.22. The number of fused-ring (bicyclic) bond motifs is 1. The van der Waals surface area contributed by atoms with Gasteiger partial charge in [0.05, 0.1) is 24.9 Å². The number of hydrogen-bond acceptors (Lipinski definition) is 6. The third kappa shape index (κ3) is 5.61. The largest absolute Gasteiger partial charge is 0.490 e. The van der Waals surface area contributed by atoms with Crippen LogP contribution in [0.1, 0.15) is 31.2 Å². The molecule has 3 atom stereocenters. The molecule has 1 N–H and O–H groups in total. The molecule has 3 heterocycles. The van der Waals surface area contributed by atoms with Crippen LogP contribution in [0.25, 0.3) is 0 Å². The average molecular weight is 427 g/mol. The van der Waals surface area contributed by atoms with E-state index in [1.165, 1.54) is 25.8 Å². The number of alkyl halides is 3. The molecule has 10 heteroatoms. The molecule has 0 aromatic carbocycles. The lowest BCUT2D eigenvalue weighted by molar-refractivity contribution is -0.192. The Morgan fingerprint density at radius 1 is 1.37 bits per heavy atom. The van der Waals surface area contributed by atoms with Crippen molar-refractivity contribution < 1.29 is 32.5 Å². The van der Waals surface area contributed by atoms with Crippen LogP contribution in [0, 0.1) is 23.2 Å². The molecule has 3 aliphatic rings. The number of ether oxygens (including phenoxy) is 2. The number of likely N-dealkylation sites (tertiary alicyclic amines) is 1. The van der Waals surface area contributed by atoms with E-state index in [9.17, 15) is 13.2 Å². The minimum atomic E-state index is -5.08. The first-order chi connectivity index (χ1) is 14.3. The van der Waals surface area contributed by atoms with Crippen LogP contribution in [0.5, 0.6) is 5.88 Å². The van der Waals surface area contributed by atoms with E-state index in [0.29, 0.717) is 36.0 Å². The quantitative estimate of drug-likeness (QED) is 0.772. The molecule has 0 unspecified atom stereocenters. The van der Waals surface area contributed by atoms with E-state index in [2.05, 4.69) is 16.0 Å². The van der Waals surface area contributed by atoms with Crippen molar-refractivity contribution in [3.63, 3.8) is 0 Å². The van der Waals surface area contributed by atoms with Crippen LogP contribution in [0.2, 0.25) is 0 Å². The van der Waals surface area contributed by atoms with Crippen LogP contribution >= 0.6 is 0 Å². The maximum Gasteiger partial charge on any atom is 0.490 e. The molecule has 3 fully saturated rings. The summed E-state index contributed by atoms with van der Waals surface area (Å²) in [6.07, 6.45) is 2.06. The molecule has 30 heavy (non-hydrogen) atoms. The van der Waals surface area contributed by atoms with Crippen molar-refractivity contribution in [2.45, 2.75) is 44.0 Å². The lowest BCUT2D eigenvalue weighted by Crippen LogP contribution is -2.39. The van der Waals surface area contributed by atoms with Crippen LogP contribution in [0.3, 0.4) is 0 Å². The summed E-state index contributed by atoms with van der Waals surface area (Å²) in [6, 6.07) is 6.39. The zero-order valence-corrected chi connectivity index (χ0v) is 16.3. The van der Waals surface area contributed by atoms with E-state index in [1.54, 1.807) is 18.3 Å². The molecule has 0 bridgehead atoms. The van der Waals surface area contributed by atoms with Gasteiger partial charge in [-0.3, -0.25) is 4.90 Å². The van der Waals surface area contributed by atoms with Crippen LogP contribution in [-0.4, -0.2) is 65.6 Å². The van der Waals surface area contributed by atoms with Gasteiger partial charge in [0.1, 0.15) is 6.07 Å². The van der Waals surface area contributed by atoms with E-state index in [0.717, 1.165) is 25.6 Å².